The first-order valence-corrected chi connectivity index (χ1v) is 18.2. The molecule has 1 fully saturated rings. The third kappa shape index (κ3) is 5.29. The van der Waals surface area contributed by atoms with Gasteiger partial charge in [0.25, 0.3) is 5.91 Å². The van der Waals surface area contributed by atoms with Crippen LogP contribution in [0.3, 0.4) is 0 Å². The molecule has 8 nitrogen and oxygen atoms in total. The molecular weight excluding hydrogens is 631 g/mol. The smallest absolute Gasteiger partial charge is 0.303 e. The van der Waals surface area contributed by atoms with Gasteiger partial charge in [-0.05, 0) is 104 Å². The standard InChI is InChI=1S/C35H40ClFN2O6S/c1-19-20(2)46(42,43)38-34(41)22-7-11-31-30(15-22)39(16-23-6-8-26(23)33(45-21(3)40)25-13-24(19)14-25)17-35(18-44-31)12-4-5-27-28(35)9-10-29(36)32(27)37/h7,9-11,13,15,19-20,23-24,26,33H,4-6,8,12,14,16-18H2,1-3H3,(H,38,41)/t19-,20-,23+,24-,26-,33+,35+/m1/s1. The monoisotopic (exact) mass is 670 g/mol. The Morgan fingerprint density at radius 2 is 1.98 bits per heavy atom. The second-order valence-electron chi connectivity index (χ2n) is 14.1. The van der Waals surface area contributed by atoms with E-state index in [9.17, 15) is 18.0 Å². The molecule has 6 aliphatic rings. The number of hydrogen-bond donors (Lipinski definition) is 1. The number of anilines is 1. The molecule has 7 atom stereocenters. The highest BCUT2D eigenvalue weighted by Crippen LogP contribution is 2.50. The summed E-state index contributed by atoms with van der Waals surface area (Å²) in [6, 6.07) is 8.57. The Morgan fingerprint density at radius 3 is 2.70 bits per heavy atom. The fraction of sp³-hybridized carbons (Fsp3) is 0.543. The van der Waals surface area contributed by atoms with Crippen LogP contribution in [0.1, 0.15) is 74.4 Å². The maximum Gasteiger partial charge on any atom is 0.303 e. The van der Waals surface area contributed by atoms with Gasteiger partial charge in [0.15, 0.2) is 0 Å². The maximum atomic E-state index is 15.4. The zero-order valence-corrected chi connectivity index (χ0v) is 27.9. The minimum Gasteiger partial charge on any atom is -0.490 e. The third-order valence-electron chi connectivity index (χ3n) is 11.4. The number of halogens is 2. The molecule has 2 aromatic carbocycles. The number of fused-ring (bicyclic) bond motifs is 6. The summed E-state index contributed by atoms with van der Waals surface area (Å²) in [5, 5.41) is -0.717. The second-order valence-corrected chi connectivity index (χ2v) is 16.5. The van der Waals surface area contributed by atoms with Crippen LogP contribution in [0.25, 0.3) is 0 Å². The highest BCUT2D eigenvalue weighted by Gasteiger charge is 2.48. The summed E-state index contributed by atoms with van der Waals surface area (Å²) in [7, 11) is -4.00. The Kier molecular flexibility index (Phi) is 7.90. The topological polar surface area (TPSA) is 102 Å². The molecule has 1 spiro atoms. The van der Waals surface area contributed by atoms with Crippen LogP contribution in [0.4, 0.5) is 10.1 Å². The van der Waals surface area contributed by atoms with Crippen molar-refractivity contribution in [2.75, 3.05) is 24.6 Å². The van der Waals surface area contributed by atoms with Gasteiger partial charge >= 0.3 is 5.97 Å². The number of nitrogens with one attached hydrogen (secondary N) is 1. The fourth-order valence-corrected chi connectivity index (χ4v) is 9.89. The molecule has 246 valence electrons. The van der Waals surface area contributed by atoms with Gasteiger partial charge in [-0.25, -0.2) is 17.5 Å². The largest absolute Gasteiger partial charge is 0.490 e. The average molecular weight is 671 g/mol. The van der Waals surface area contributed by atoms with Gasteiger partial charge in [0.1, 0.15) is 17.7 Å². The lowest BCUT2D eigenvalue weighted by Crippen LogP contribution is -2.51. The molecule has 4 bridgehead atoms. The van der Waals surface area contributed by atoms with Crippen LogP contribution in [0.2, 0.25) is 5.02 Å². The van der Waals surface area contributed by atoms with Gasteiger partial charge in [0.05, 0.1) is 22.6 Å². The number of nitrogens with zero attached hydrogens (tertiary/aromatic N) is 1. The van der Waals surface area contributed by atoms with E-state index in [4.69, 9.17) is 21.1 Å². The van der Waals surface area contributed by atoms with Crippen molar-refractivity contribution in [1.29, 1.82) is 0 Å². The molecular formula is C35H40ClFN2O6S. The first-order chi connectivity index (χ1) is 21.9. The number of esters is 1. The summed E-state index contributed by atoms with van der Waals surface area (Å²) in [4.78, 5) is 28.0. The van der Waals surface area contributed by atoms with E-state index in [-0.39, 0.29) is 52.1 Å². The van der Waals surface area contributed by atoms with Crippen molar-refractivity contribution >= 4 is 39.2 Å². The summed E-state index contributed by atoms with van der Waals surface area (Å²) in [6.07, 6.45) is 6.35. The third-order valence-corrected chi connectivity index (χ3v) is 13.6. The highest BCUT2D eigenvalue weighted by atomic mass is 35.5. The number of carbonyl (C=O) groups is 2. The number of allylic oxidation sites excluding steroid dienone is 1. The Balaban J connectivity index is 1.33. The van der Waals surface area contributed by atoms with E-state index < -0.39 is 26.6 Å². The highest BCUT2D eigenvalue weighted by molar-refractivity contribution is 7.90. The summed E-state index contributed by atoms with van der Waals surface area (Å²) in [6.45, 7) is 6.39. The van der Waals surface area contributed by atoms with Crippen LogP contribution in [0.5, 0.6) is 5.75 Å². The van der Waals surface area contributed by atoms with Gasteiger partial charge < -0.3 is 14.4 Å². The second kappa shape index (κ2) is 11.5. The molecule has 1 N–H and O–H groups in total. The zero-order valence-electron chi connectivity index (χ0n) is 26.4. The Bertz CT molecular complexity index is 1750. The quantitative estimate of drug-likeness (QED) is 0.295. The molecule has 46 heavy (non-hydrogen) atoms. The van der Waals surface area contributed by atoms with Crippen LogP contribution in [-0.4, -0.2) is 51.3 Å². The molecule has 3 aliphatic heterocycles. The van der Waals surface area contributed by atoms with Gasteiger partial charge in [-0.15, -0.1) is 0 Å². The number of hydrogen-bond acceptors (Lipinski definition) is 7. The number of rotatable bonds is 1. The van der Waals surface area contributed by atoms with Crippen LogP contribution < -0.4 is 14.4 Å². The summed E-state index contributed by atoms with van der Waals surface area (Å²) in [5.74, 6) is -0.779. The van der Waals surface area contributed by atoms with E-state index in [2.05, 4.69) is 15.7 Å². The van der Waals surface area contributed by atoms with Crippen molar-refractivity contribution in [3.8, 4) is 5.75 Å². The van der Waals surface area contributed by atoms with Gasteiger partial charge in [0.2, 0.25) is 10.0 Å². The molecule has 3 aliphatic carbocycles. The van der Waals surface area contributed by atoms with Gasteiger partial charge in [-0.3, -0.25) is 9.59 Å². The Morgan fingerprint density at radius 1 is 1.20 bits per heavy atom. The number of benzene rings is 2. The van der Waals surface area contributed by atoms with E-state index in [1.807, 2.05) is 13.0 Å². The van der Waals surface area contributed by atoms with Crippen molar-refractivity contribution in [2.45, 2.75) is 76.1 Å². The van der Waals surface area contributed by atoms with Crippen LogP contribution in [-0.2, 0) is 31.4 Å². The van der Waals surface area contributed by atoms with Crippen molar-refractivity contribution in [3.63, 3.8) is 0 Å². The summed E-state index contributed by atoms with van der Waals surface area (Å²) >= 11 is 6.21. The molecule has 8 rings (SSSR count). The van der Waals surface area contributed by atoms with E-state index in [0.717, 1.165) is 36.8 Å². The van der Waals surface area contributed by atoms with Crippen molar-refractivity contribution in [2.24, 2.45) is 23.7 Å². The molecule has 1 saturated carbocycles. The molecule has 3 heterocycles. The average Bonchev–Trinajstić information content (AvgIpc) is 3.12. The predicted octanol–water partition coefficient (Wildman–Crippen LogP) is 5.95. The minimum atomic E-state index is -4.00. The lowest BCUT2D eigenvalue weighted by Gasteiger charge is -2.48. The predicted molar refractivity (Wildman–Crippen MR) is 173 cm³/mol. The zero-order chi connectivity index (χ0) is 32.5. The molecule has 0 saturated heterocycles. The van der Waals surface area contributed by atoms with Crippen LogP contribution in [0.15, 0.2) is 42.0 Å². The lowest BCUT2D eigenvalue weighted by atomic mass is 9.64. The summed E-state index contributed by atoms with van der Waals surface area (Å²) < 4.78 is 57.0. The summed E-state index contributed by atoms with van der Waals surface area (Å²) in [5.41, 5.74) is 2.92. The SMILES string of the molecule is CC(=O)O[C@H]1C2=C[C@H](C2)[C@H](C)[C@@H](C)S(=O)(=O)NC(=O)c2ccc3c(c2)N(C[C@@H]2CC[C@H]21)C[C@@]1(CCCc2c1ccc(Cl)c2F)CO3. The van der Waals surface area contributed by atoms with E-state index in [1.54, 1.807) is 31.2 Å². The first kappa shape index (κ1) is 31.5. The molecule has 2 aromatic rings. The van der Waals surface area contributed by atoms with Crippen molar-refractivity contribution in [1.82, 2.24) is 4.72 Å². The number of amides is 1. The number of ether oxygens (including phenoxy) is 2. The van der Waals surface area contributed by atoms with Gasteiger partial charge in [-0.1, -0.05) is 30.7 Å². The number of sulfonamides is 1. The Labute approximate surface area is 274 Å². The fourth-order valence-electron chi connectivity index (χ4n) is 8.38. The van der Waals surface area contributed by atoms with E-state index >= 15 is 4.39 Å². The minimum absolute atomic E-state index is 0.00469. The van der Waals surface area contributed by atoms with Crippen molar-refractivity contribution in [3.05, 3.63) is 69.5 Å². The van der Waals surface area contributed by atoms with Crippen LogP contribution >= 0.6 is 11.6 Å². The molecule has 0 unspecified atom stereocenters. The lowest BCUT2D eigenvalue weighted by molar-refractivity contribution is -0.150. The van der Waals surface area contributed by atoms with Crippen LogP contribution in [0, 0.1) is 29.5 Å². The van der Waals surface area contributed by atoms with Gasteiger partial charge in [-0.2, -0.15) is 0 Å². The van der Waals surface area contributed by atoms with E-state index in [1.165, 1.54) is 6.92 Å². The normalized spacial score (nSPS) is 33.1. The van der Waals surface area contributed by atoms with Gasteiger partial charge in [0, 0.05) is 36.9 Å². The maximum absolute atomic E-state index is 15.4. The Hall–Kier alpha value is -3.11. The molecule has 1 amide bonds. The molecule has 0 radical (unpaired) electrons. The number of carbonyl (C=O) groups excluding carboxylic acids is 2. The first-order valence-electron chi connectivity index (χ1n) is 16.3. The molecule has 0 aromatic heterocycles. The molecule has 11 heteroatoms. The van der Waals surface area contributed by atoms with E-state index in [0.29, 0.717) is 49.5 Å². The van der Waals surface area contributed by atoms with Crippen molar-refractivity contribution < 1.29 is 31.9 Å².